The SMILES string of the molecule is CNc1nccc(C(=O)N2CCC(C)(C)C2)c1F. The summed E-state index contributed by atoms with van der Waals surface area (Å²) in [5.74, 6) is -0.717. The largest absolute Gasteiger partial charge is 0.371 e. The summed E-state index contributed by atoms with van der Waals surface area (Å²) >= 11 is 0. The van der Waals surface area contributed by atoms with Gasteiger partial charge < -0.3 is 10.2 Å². The molecule has 0 bridgehead atoms. The van der Waals surface area contributed by atoms with Crippen LogP contribution in [0.2, 0.25) is 0 Å². The molecule has 0 aliphatic carbocycles. The number of nitrogens with one attached hydrogen (secondary N) is 1. The number of amides is 1. The van der Waals surface area contributed by atoms with Gasteiger partial charge in [-0.2, -0.15) is 0 Å². The van der Waals surface area contributed by atoms with Crippen molar-refractivity contribution in [3.63, 3.8) is 0 Å². The Bertz CT molecular complexity index is 473. The number of carbonyl (C=O) groups excluding carboxylic acids is 1. The fraction of sp³-hybridized carbons (Fsp3) is 0.538. The van der Waals surface area contributed by atoms with Gasteiger partial charge in [-0.05, 0) is 17.9 Å². The van der Waals surface area contributed by atoms with E-state index in [1.807, 2.05) is 0 Å². The molecule has 18 heavy (non-hydrogen) atoms. The van der Waals surface area contributed by atoms with Crippen molar-refractivity contribution >= 4 is 11.7 Å². The van der Waals surface area contributed by atoms with Crippen molar-refractivity contribution in [2.45, 2.75) is 20.3 Å². The number of aromatic nitrogens is 1. The summed E-state index contributed by atoms with van der Waals surface area (Å²) < 4.78 is 14.0. The molecule has 1 aliphatic heterocycles. The smallest absolute Gasteiger partial charge is 0.257 e. The molecule has 0 saturated carbocycles. The van der Waals surface area contributed by atoms with E-state index in [4.69, 9.17) is 0 Å². The monoisotopic (exact) mass is 251 g/mol. The quantitative estimate of drug-likeness (QED) is 0.875. The summed E-state index contributed by atoms with van der Waals surface area (Å²) in [5, 5.41) is 2.64. The van der Waals surface area contributed by atoms with Crippen LogP contribution in [-0.4, -0.2) is 35.9 Å². The molecule has 1 aromatic heterocycles. The summed E-state index contributed by atoms with van der Waals surface area (Å²) in [6.07, 6.45) is 2.40. The fourth-order valence-corrected chi connectivity index (χ4v) is 2.24. The van der Waals surface area contributed by atoms with Gasteiger partial charge in [0.2, 0.25) is 0 Å². The first-order chi connectivity index (χ1) is 8.44. The number of hydrogen-bond acceptors (Lipinski definition) is 3. The summed E-state index contributed by atoms with van der Waals surface area (Å²) in [6, 6.07) is 1.43. The van der Waals surface area contributed by atoms with E-state index < -0.39 is 5.82 Å². The zero-order chi connectivity index (χ0) is 13.3. The maximum atomic E-state index is 14.0. The van der Waals surface area contributed by atoms with E-state index in [9.17, 15) is 9.18 Å². The Morgan fingerprint density at radius 2 is 2.28 bits per heavy atom. The van der Waals surface area contributed by atoms with E-state index in [0.717, 1.165) is 6.42 Å². The number of halogens is 1. The van der Waals surface area contributed by atoms with Gasteiger partial charge in [0, 0.05) is 26.3 Å². The Morgan fingerprint density at radius 3 is 2.83 bits per heavy atom. The van der Waals surface area contributed by atoms with Gasteiger partial charge in [0.15, 0.2) is 11.6 Å². The topological polar surface area (TPSA) is 45.2 Å². The van der Waals surface area contributed by atoms with Crippen LogP contribution in [0.1, 0.15) is 30.6 Å². The summed E-state index contributed by atoms with van der Waals surface area (Å²) in [7, 11) is 1.58. The molecule has 1 N–H and O–H groups in total. The highest BCUT2D eigenvalue weighted by atomic mass is 19.1. The molecule has 4 nitrogen and oxygen atoms in total. The van der Waals surface area contributed by atoms with Gasteiger partial charge in [0.25, 0.3) is 5.91 Å². The van der Waals surface area contributed by atoms with Crippen LogP contribution in [-0.2, 0) is 0 Å². The molecule has 98 valence electrons. The van der Waals surface area contributed by atoms with Gasteiger partial charge in [-0.15, -0.1) is 0 Å². The first-order valence-electron chi connectivity index (χ1n) is 6.06. The van der Waals surface area contributed by atoms with Crippen LogP contribution in [0.4, 0.5) is 10.2 Å². The Kier molecular flexibility index (Phi) is 3.24. The van der Waals surface area contributed by atoms with Crippen LogP contribution in [0, 0.1) is 11.2 Å². The molecule has 1 fully saturated rings. The van der Waals surface area contributed by atoms with Crippen molar-refractivity contribution < 1.29 is 9.18 Å². The van der Waals surface area contributed by atoms with Crippen molar-refractivity contribution in [2.75, 3.05) is 25.5 Å². The lowest BCUT2D eigenvalue weighted by Gasteiger charge is -2.20. The van der Waals surface area contributed by atoms with Crippen LogP contribution in [0.5, 0.6) is 0 Å². The third-order valence-electron chi connectivity index (χ3n) is 3.32. The van der Waals surface area contributed by atoms with Crippen LogP contribution in [0.25, 0.3) is 0 Å². The second kappa shape index (κ2) is 4.55. The molecular formula is C13H18FN3O. The molecular weight excluding hydrogens is 233 g/mol. The maximum Gasteiger partial charge on any atom is 0.257 e. The first-order valence-corrected chi connectivity index (χ1v) is 6.06. The number of nitrogens with zero attached hydrogens (tertiary/aromatic N) is 2. The van der Waals surface area contributed by atoms with Gasteiger partial charge >= 0.3 is 0 Å². The number of rotatable bonds is 2. The molecule has 0 radical (unpaired) electrons. The average Bonchev–Trinajstić information content (AvgIpc) is 2.69. The van der Waals surface area contributed by atoms with Crippen molar-refractivity contribution in [1.82, 2.24) is 9.88 Å². The van der Waals surface area contributed by atoms with Crippen LogP contribution in [0.15, 0.2) is 12.3 Å². The van der Waals surface area contributed by atoms with Crippen molar-refractivity contribution in [1.29, 1.82) is 0 Å². The summed E-state index contributed by atoms with van der Waals surface area (Å²) in [6.45, 7) is 5.58. The Hall–Kier alpha value is -1.65. The first kappa shape index (κ1) is 12.8. The number of carbonyl (C=O) groups is 1. The molecule has 0 unspecified atom stereocenters. The predicted molar refractivity (Wildman–Crippen MR) is 68.0 cm³/mol. The minimum Gasteiger partial charge on any atom is -0.371 e. The minimum absolute atomic E-state index is 0.0899. The van der Waals surface area contributed by atoms with Crippen molar-refractivity contribution in [3.8, 4) is 0 Å². The standard InChI is InChI=1S/C13H18FN3O/c1-13(2)5-7-17(8-13)12(18)9-4-6-16-11(15-3)10(9)14/h4,6H,5,7-8H2,1-3H3,(H,15,16). The number of anilines is 1. The molecule has 1 aromatic rings. The molecule has 0 aromatic carbocycles. The lowest BCUT2D eigenvalue weighted by atomic mass is 9.93. The van der Waals surface area contributed by atoms with Gasteiger partial charge in [-0.25, -0.2) is 9.37 Å². The van der Waals surface area contributed by atoms with Gasteiger partial charge in [0.1, 0.15) is 0 Å². The Labute approximate surface area is 106 Å². The highest BCUT2D eigenvalue weighted by molar-refractivity contribution is 5.95. The molecule has 1 saturated heterocycles. The fourth-order valence-electron chi connectivity index (χ4n) is 2.24. The molecule has 2 heterocycles. The summed E-state index contributed by atoms with van der Waals surface area (Å²) in [4.78, 5) is 17.8. The van der Waals surface area contributed by atoms with E-state index >= 15 is 0 Å². The Morgan fingerprint density at radius 1 is 1.56 bits per heavy atom. The van der Waals surface area contributed by atoms with E-state index in [2.05, 4.69) is 24.1 Å². The highest BCUT2D eigenvalue weighted by Crippen LogP contribution is 2.30. The van der Waals surface area contributed by atoms with Gasteiger partial charge in [0.05, 0.1) is 5.56 Å². The van der Waals surface area contributed by atoms with E-state index in [1.54, 1.807) is 11.9 Å². The molecule has 5 heteroatoms. The van der Waals surface area contributed by atoms with Gasteiger partial charge in [-0.1, -0.05) is 13.8 Å². The molecule has 1 aliphatic rings. The van der Waals surface area contributed by atoms with Crippen LogP contribution >= 0.6 is 0 Å². The normalized spacial score (nSPS) is 17.9. The van der Waals surface area contributed by atoms with E-state index in [-0.39, 0.29) is 22.7 Å². The van der Waals surface area contributed by atoms with E-state index in [1.165, 1.54) is 12.3 Å². The molecule has 2 rings (SSSR count). The number of pyridine rings is 1. The lowest BCUT2D eigenvalue weighted by Crippen LogP contribution is -2.31. The summed E-state index contributed by atoms with van der Waals surface area (Å²) in [5.41, 5.74) is 0.206. The maximum absolute atomic E-state index is 14.0. The third-order valence-corrected chi connectivity index (χ3v) is 3.32. The van der Waals surface area contributed by atoms with E-state index in [0.29, 0.717) is 13.1 Å². The average molecular weight is 251 g/mol. The van der Waals surface area contributed by atoms with Crippen molar-refractivity contribution in [3.05, 3.63) is 23.6 Å². The van der Waals surface area contributed by atoms with Crippen LogP contribution in [0.3, 0.4) is 0 Å². The number of likely N-dealkylation sites (tertiary alicyclic amines) is 1. The number of hydrogen-bond donors (Lipinski definition) is 1. The third kappa shape index (κ3) is 2.30. The van der Waals surface area contributed by atoms with Crippen LogP contribution < -0.4 is 5.32 Å². The second-order valence-corrected chi connectivity index (χ2v) is 5.41. The highest BCUT2D eigenvalue weighted by Gasteiger charge is 2.33. The Balaban J connectivity index is 2.25. The van der Waals surface area contributed by atoms with Gasteiger partial charge in [-0.3, -0.25) is 4.79 Å². The zero-order valence-corrected chi connectivity index (χ0v) is 11.0. The molecule has 0 atom stereocenters. The molecule has 1 amide bonds. The predicted octanol–water partition coefficient (Wildman–Crippen LogP) is 2.13. The second-order valence-electron chi connectivity index (χ2n) is 5.41. The molecule has 0 spiro atoms. The zero-order valence-electron chi connectivity index (χ0n) is 11.0. The minimum atomic E-state index is -0.574. The van der Waals surface area contributed by atoms with Crippen molar-refractivity contribution in [2.24, 2.45) is 5.41 Å². The lowest BCUT2D eigenvalue weighted by molar-refractivity contribution is 0.0773.